The maximum absolute atomic E-state index is 13.2. The van der Waals surface area contributed by atoms with Crippen LogP contribution < -0.4 is 10.1 Å². The minimum Gasteiger partial charge on any atom is -0.457 e. The van der Waals surface area contributed by atoms with Crippen LogP contribution in [0.25, 0.3) is 10.9 Å². The summed E-state index contributed by atoms with van der Waals surface area (Å²) in [5.41, 5.74) is 5.36. The maximum atomic E-state index is 13.2. The lowest BCUT2D eigenvalue weighted by atomic mass is 9.87. The van der Waals surface area contributed by atoms with E-state index in [1.807, 2.05) is 72.9 Å². The number of H-pyrrole nitrogens is 1. The largest absolute Gasteiger partial charge is 0.457 e. The second kappa shape index (κ2) is 10.9. The Balaban J connectivity index is 1.47. The van der Waals surface area contributed by atoms with E-state index in [1.165, 1.54) is 5.56 Å². The van der Waals surface area contributed by atoms with Crippen LogP contribution in [0.4, 0.5) is 0 Å². The molecule has 0 aliphatic carbocycles. The van der Waals surface area contributed by atoms with Gasteiger partial charge in [-0.05, 0) is 59.5 Å². The molecule has 5 rings (SSSR count). The van der Waals surface area contributed by atoms with E-state index in [0.717, 1.165) is 45.6 Å². The van der Waals surface area contributed by atoms with E-state index in [-0.39, 0.29) is 11.8 Å². The molecule has 0 aliphatic rings. The number of rotatable bonds is 9. The SMILES string of the molecule is CCc1cccc2c(C(CC(=O)NCc3ccccn3)c3cccc(Oc4ccccc4)c3)c[nH]c12. The van der Waals surface area contributed by atoms with Gasteiger partial charge in [0.1, 0.15) is 11.5 Å². The van der Waals surface area contributed by atoms with Crippen molar-refractivity contribution in [3.05, 3.63) is 126 Å². The average Bonchev–Trinajstić information content (AvgIpc) is 3.36. The predicted molar refractivity (Wildman–Crippen MR) is 143 cm³/mol. The number of pyridine rings is 1. The average molecular weight is 476 g/mol. The van der Waals surface area contributed by atoms with E-state index < -0.39 is 0 Å². The highest BCUT2D eigenvalue weighted by Gasteiger charge is 2.22. The summed E-state index contributed by atoms with van der Waals surface area (Å²) in [6, 6.07) is 29.8. The van der Waals surface area contributed by atoms with Crippen LogP contribution in [0, 0.1) is 0 Å². The second-order valence-corrected chi connectivity index (χ2v) is 8.78. The van der Waals surface area contributed by atoms with Gasteiger partial charge >= 0.3 is 0 Å². The normalized spacial score (nSPS) is 11.8. The number of nitrogens with zero attached hydrogens (tertiary/aromatic N) is 1. The third kappa shape index (κ3) is 5.31. The van der Waals surface area contributed by atoms with E-state index in [1.54, 1.807) is 6.20 Å². The number of fused-ring (bicyclic) bond motifs is 1. The lowest BCUT2D eigenvalue weighted by Gasteiger charge is -2.18. The number of para-hydroxylation sites is 2. The first-order chi connectivity index (χ1) is 17.7. The van der Waals surface area contributed by atoms with Gasteiger partial charge in [0.25, 0.3) is 0 Å². The number of benzene rings is 3. The van der Waals surface area contributed by atoms with Gasteiger partial charge in [0.05, 0.1) is 12.2 Å². The Labute approximate surface area is 211 Å². The van der Waals surface area contributed by atoms with Gasteiger partial charge in [0, 0.05) is 35.6 Å². The van der Waals surface area contributed by atoms with Gasteiger partial charge in [-0.3, -0.25) is 9.78 Å². The van der Waals surface area contributed by atoms with Crippen LogP contribution in [0.2, 0.25) is 0 Å². The summed E-state index contributed by atoms with van der Waals surface area (Å²) in [6.45, 7) is 2.56. The molecule has 1 atom stereocenters. The highest BCUT2D eigenvalue weighted by atomic mass is 16.5. The molecular weight excluding hydrogens is 446 g/mol. The molecule has 1 amide bonds. The number of aromatic nitrogens is 2. The van der Waals surface area contributed by atoms with Crippen LogP contribution >= 0.6 is 0 Å². The van der Waals surface area contributed by atoms with E-state index in [2.05, 4.69) is 46.5 Å². The number of hydrogen-bond donors (Lipinski definition) is 2. The Morgan fingerprint density at radius 1 is 0.944 bits per heavy atom. The van der Waals surface area contributed by atoms with Gasteiger partial charge in [-0.15, -0.1) is 0 Å². The van der Waals surface area contributed by atoms with E-state index in [9.17, 15) is 4.79 Å². The zero-order valence-corrected chi connectivity index (χ0v) is 20.3. The Morgan fingerprint density at radius 2 is 1.75 bits per heavy atom. The number of amides is 1. The Hall–Kier alpha value is -4.38. The monoisotopic (exact) mass is 475 g/mol. The number of ether oxygens (including phenoxy) is 1. The molecule has 2 heterocycles. The lowest BCUT2D eigenvalue weighted by Crippen LogP contribution is -2.25. The molecule has 2 aromatic heterocycles. The first-order valence-corrected chi connectivity index (χ1v) is 12.3. The van der Waals surface area contributed by atoms with Gasteiger partial charge in [0.15, 0.2) is 0 Å². The molecule has 0 bridgehead atoms. The third-order valence-corrected chi connectivity index (χ3v) is 6.41. The summed E-state index contributed by atoms with van der Waals surface area (Å²) in [5, 5.41) is 4.19. The molecule has 0 aliphatic heterocycles. The minimum absolute atomic E-state index is 0.0268. The Kier molecular flexibility index (Phi) is 7.08. The van der Waals surface area contributed by atoms with E-state index in [0.29, 0.717) is 13.0 Å². The Bertz CT molecular complexity index is 1440. The highest BCUT2D eigenvalue weighted by molar-refractivity contribution is 5.88. The van der Waals surface area contributed by atoms with Gasteiger partial charge in [0.2, 0.25) is 5.91 Å². The number of hydrogen-bond acceptors (Lipinski definition) is 3. The third-order valence-electron chi connectivity index (χ3n) is 6.41. The van der Waals surface area contributed by atoms with Crippen LogP contribution in [0.3, 0.4) is 0 Å². The van der Waals surface area contributed by atoms with Crippen molar-refractivity contribution in [1.29, 1.82) is 0 Å². The molecule has 5 nitrogen and oxygen atoms in total. The van der Waals surface area contributed by atoms with Crippen molar-refractivity contribution in [2.24, 2.45) is 0 Å². The highest BCUT2D eigenvalue weighted by Crippen LogP contribution is 2.36. The molecule has 0 radical (unpaired) electrons. The minimum atomic E-state index is -0.145. The van der Waals surface area contributed by atoms with Crippen LogP contribution in [0.5, 0.6) is 11.5 Å². The summed E-state index contributed by atoms with van der Waals surface area (Å²) in [4.78, 5) is 20.9. The molecule has 5 heteroatoms. The van der Waals surface area contributed by atoms with Gasteiger partial charge < -0.3 is 15.0 Å². The van der Waals surface area contributed by atoms with Crippen molar-refractivity contribution in [2.75, 3.05) is 0 Å². The number of carbonyl (C=O) groups is 1. The number of aromatic amines is 1. The van der Waals surface area contributed by atoms with Gasteiger partial charge in [-0.25, -0.2) is 0 Å². The van der Waals surface area contributed by atoms with Crippen molar-refractivity contribution < 1.29 is 9.53 Å². The molecular formula is C31H29N3O2. The fraction of sp³-hybridized carbons (Fsp3) is 0.161. The molecule has 0 spiro atoms. The molecule has 5 aromatic rings. The first kappa shape index (κ1) is 23.4. The number of nitrogens with one attached hydrogen (secondary N) is 2. The molecule has 1 unspecified atom stereocenters. The van der Waals surface area contributed by atoms with Gasteiger partial charge in [-0.2, -0.15) is 0 Å². The van der Waals surface area contributed by atoms with Crippen LogP contribution in [-0.2, 0) is 17.8 Å². The fourth-order valence-electron chi connectivity index (χ4n) is 4.60. The Morgan fingerprint density at radius 3 is 2.56 bits per heavy atom. The molecule has 36 heavy (non-hydrogen) atoms. The molecule has 0 saturated heterocycles. The molecule has 2 N–H and O–H groups in total. The summed E-state index contributed by atoms with van der Waals surface area (Å²) in [6.07, 6.45) is 5.03. The summed E-state index contributed by atoms with van der Waals surface area (Å²) >= 11 is 0. The smallest absolute Gasteiger partial charge is 0.221 e. The van der Waals surface area contributed by atoms with Crippen molar-refractivity contribution in [2.45, 2.75) is 32.2 Å². The second-order valence-electron chi connectivity index (χ2n) is 8.78. The number of aryl methyl sites for hydroxylation is 1. The first-order valence-electron chi connectivity index (χ1n) is 12.3. The van der Waals surface area contributed by atoms with Crippen molar-refractivity contribution >= 4 is 16.8 Å². The van der Waals surface area contributed by atoms with E-state index >= 15 is 0 Å². The molecule has 3 aromatic carbocycles. The summed E-state index contributed by atoms with van der Waals surface area (Å²) in [5.74, 6) is 1.35. The fourth-order valence-corrected chi connectivity index (χ4v) is 4.60. The number of carbonyl (C=O) groups excluding carboxylic acids is 1. The van der Waals surface area contributed by atoms with Crippen LogP contribution in [-0.4, -0.2) is 15.9 Å². The topological polar surface area (TPSA) is 67.0 Å². The molecule has 180 valence electrons. The van der Waals surface area contributed by atoms with Crippen LogP contribution in [0.15, 0.2) is 103 Å². The lowest BCUT2D eigenvalue weighted by molar-refractivity contribution is -0.121. The summed E-state index contributed by atoms with van der Waals surface area (Å²) in [7, 11) is 0. The van der Waals surface area contributed by atoms with Crippen molar-refractivity contribution in [3.8, 4) is 11.5 Å². The summed E-state index contributed by atoms with van der Waals surface area (Å²) < 4.78 is 6.10. The van der Waals surface area contributed by atoms with Gasteiger partial charge in [-0.1, -0.05) is 61.5 Å². The molecule has 0 fully saturated rings. The zero-order valence-electron chi connectivity index (χ0n) is 20.3. The maximum Gasteiger partial charge on any atom is 0.221 e. The van der Waals surface area contributed by atoms with Crippen molar-refractivity contribution in [3.63, 3.8) is 0 Å². The zero-order chi connectivity index (χ0) is 24.7. The standard InChI is InChI=1S/C31H29N3O2/c1-2-22-10-9-16-27-29(21-34-31(22)27)28(19-30(35)33-20-24-12-6-7-17-32-24)23-11-8-15-26(18-23)36-25-13-4-3-5-14-25/h3-18,21,28,34H,2,19-20H2,1H3,(H,33,35). The van der Waals surface area contributed by atoms with Crippen LogP contribution in [0.1, 0.15) is 41.6 Å². The molecule has 0 saturated carbocycles. The quantitative estimate of drug-likeness (QED) is 0.248. The van der Waals surface area contributed by atoms with E-state index in [4.69, 9.17) is 4.74 Å². The predicted octanol–water partition coefficient (Wildman–Crippen LogP) is 6.76. The van der Waals surface area contributed by atoms with Crippen molar-refractivity contribution in [1.82, 2.24) is 15.3 Å².